The summed E-state index contributed by atoms with van der Waals surface area (Å²) in [7, 11) is 0. The van der Waals surface area contributed by atoms with Crippen LogP contribution < -0.4 is 10.1 Å². The van der Waals surface area contributed by atoms with Crippen molar-refractivity contribution >= 4 is 0 Å². The van der Waals surface area contributed by atoms with Gasteiger partial charge in [-0.2, -0.15) is 0 Å². The van der Waals surface area contributed by atoms with Crippen LogP contribution in [0, 0.1) is 18.6 Å². The number of halogens is 2. The number of aryl methyl sites for hydroxylation is 1. The molecule has 0 saturated heterocycles. The molecule has 0 atom stereocenters. The van der Waals surface area contributed by atoms with Crippen LogP contribution in [0.4, 0.5) is 8.78 Å². The number of benzene rings is 2. The van der Waals surface area contributed by atoms with Gasteiger partial charge in [0.15, 0.2) is 11.6 Å². The van der Waals surface area contributed by atoms with Crippen molar-refractivity contribution in [3.05, 3.63) is 59.2 Å². The maximum atomic E-state index is 14.0. The van der Waals surface area contributed by atoms with Gasteiger partial charge < -0.3 is 10.1 Å². The Hall–Kier alpha value is -1.94. The lowest BCUT2D eigenvalue weighted by Crippen LogP contribution is -2.22. The Morgan fingerprint density at radius 1 is 1.10 bits per heavy atom. The first-order valence-electron chi connectivity index (χ1n) is 6.92. The van der Waals surface area contributed by atoms with Crippen molar-refractivity contribution in [2.75, 3.05) is 0 Å². The fraction of sp³-hybridized carbons (Fsp3) is 0.294. The molecular formula is C17H19F2NO. The summed E-state index contributed by atoms with van der Waals surface area (Å²) in [5.41, 5.74) is 1.22. The minimum atomic E-state index is -0.459. The number of para-hydroxylation sites is 1. The summed E-state index contributed by atoms with van der Waals surface area (Å²) in [6.45, 7) is 6.17. The minimum Gasteiger partial charge on any atom is -0.454 e. The smallest absolute Gasteiger partial charge is 0.167 e. The zero-order valence-corrected chi connectivity index (χ0v) is 12.4. The molecule has 2 rings (SSSR count). The third kappa shape index (κ3) is 4.02. The van der Waals surface area contributed by atoms with Gasteiger partial charge in [-0.1, -0.05) is 32.0 Å². The normalized spacial score (nSPS) is 11.0. The Kier molecular flexibility index (Phi) is 4.91. The van der Waals surface area contributed by atoms with Crippen molar-refractivity contribution in [1.29, 1.82) is 0 Å². The molecule has 0 bridgehead atoms. The fourth-order valence-electron chi connectivity index (χ4n) is 1.88. The lowest BCUT2D eigenvalue weighted by molar-refractivity contribution is 0.428. The van der Waals surface area contributed by atoms with E-state index in [1.165, 1.54) is 12.1 Å². The molecule has 0 aliphatic carbocycles. The van der Waals surface area contributed by atoms with Gasteiger partial charge in [0.2, 0.25) is 0 Å². The van der Waals surface area contributed by atoms with Gasteiger partial charge in [-0.15, -0.1) is 0 Å². The first kappa shape index (κ1) is 15.4. The molecule has 0 heterocycles. The summed E-state index contributed by atoms with van der Waals surface area (Å²) < 4.78 is 33.1. The van der Waals surface area contributed by atoms with Gasteiger partial charge in [-0.25, -0.2) is 8.78 Å². The second kappa shape index (κ2) is 6.68. The molecule has 112 valence electrons. The van der Waals surface area contributed by atoms with E-state index in [4.69, 9.17) is 4.74 Å². The predicted molar refractivity (Wildman–Crippen MR) is 79.6 cm³/mol. The van der Waals surface area contributed by atoms with E-state index in [0.29, 0.717) is 17.7 Å². The van der Waals surface area contributed by atoms with Crippen LogP contribution in [-0.4, -0.2) is 6.04 Å². The molecule has 0 aliphatic heterocycles. The van der Waals surface area contributed by atoms with Gasteiger partial charge in [0.05, 0.1) is 0 Å². The van der Waals surface area contributed by atoms with E-state index in [2.05, 4.69) is 5.32 Å². The number of rotatable bonds is 5. The number of hydrogen-bond acceptors (Lipinski definition) is 2. The second-order valence-electron chi connectivity index (χ2n) is 5.28. The monoisotopic (exact) mass is 291 g/mol. The van der Waals surface area contributed by atoms with E-state index >= 15 is 0 Å². The predicted octanol–water partition coefficient (Wildman–Crippen LogP) is 4.56. The summed E-state index contributed by atoms with van der Waals surface area (Å²) in [5.74, 6) is -0.410. The van der Waals surface area contributed by atoms with Crippen LogP contribution in [0.25, 0.3) is 0 Å². The van der Waals surface area contributed by atoms with Crippen molar-refractivity contribution < 1.29 is 13.5 Å². The zero-order chi connectivity index (χ0) is 15.4. The molecule has 0 amide bonds. The van der Waals surface area contributed by atoms with Crippen LogP contribution in [0.5, 0.6) is 11.5 Å². The molecule has 0 aliphatic rings. The molecule has 0 radical (unpaired) electrons. The quantitative estimate of drug-likeness (QED) is 0.871. The van der Waals surface area contributed by atoms with Crippen molar-refractivity contribution in [1.82, 2.24) is 5.32 Å². The highest BCUT2D eigenvalue weighted by molar-refractivity contribution is 5.40. The Labute approximate surface area is 123 Å². The molecule has 0 aromatic heterocycles. The third-order valence-corrected chi connectivity index (χ3v) is 3.11. The lowest BCUT2D eigenvalue weighted by Gasteiger charge is -2.14. The molecule has 21 heavy (non-hydrogen) atoms. The SMILES string of the molecule is Cc1ccc(Oc2c(F)cccc2CNC(C)C)cc1F. The highest BCUT2D eigenvalue weighted by atomic mass is 19.1. The van der Waals surface area contributed by atoms with Gasteiger partial charge >= 0.3 is 0 Å². The molecule has 2 nitrogen and oxygen atoms in total. The van der Waals surface area contributed by atoms with Gasteiger partial charge in [0.1, 0.15) is 11.6 Å². The molecule has 2 aromatic carbocycles. The van der Waals surface area contributed by atoms with Crippen LogP contribution in [-0.2, 0) is 6.54 Å². The lowest BCUT2D eigenvalue weighted by atomic mass is 10.1. The van der Waals surface area contributed by atoms with Gasteiger partial charge in [-0.05, 0) is 24.6 Å². The van der Waals surface area contributed by atoms with E-state index in [1.807, 2.05) is 13.8 Å². The molecule has 0 saturated carbocycles. The summed E-state index contributed by atoms with van der Waals surface area (Å²) in [6.07, 6.45) is 0. The zero-order valence-electron chi connectivity index (χ0n) is 12.4. The van der Waals surface area contributed by atoms with E-state index in [9.17, 15) is 8.78 Å². The van der Waals surface area contributed by atoms with Crippen molar-refractivity contribution in [2.24, 2.45) is 0 Å². The number of hydrogen-bond donors (Lipinski definition) is 1. The average molecular weight is 291 g/mol. The van der Waals surface area contributed by atoms with Crippen LogP contribution in [0.2, 0.25) is 0 Å². The number of ether oxygens (including phenoxy) is 1. The van der Waals surface area contributed by atoms with Crippen LogP contribution >= 0.6 is 0 Å². The largest absolute Gasteiger partial charge is 0.454 e. The Morgan fingerprint density at radius 2 is 1.86 bits per heavy atom. The average Bonchev–Trinajstić information content (AvgIpc) is 2.43. The standard InChI is InChI=1S/C17H19F2NO/c1-11(2)20-10-13-5-4-6-15(18)17(13)21-14-8-7-12(3)16(19)9-14/h4-9,11,20H,10H2,1-3H3. The Bertz CT molecular complexity index is 626. The minimum absolute atomic E-state index is 0.133. The second-order valence-corrected chi connectivity index (χ2v) is 5.28. The number of nitrogens with one attached hydrogen (secondary N) is 1. The first-order valence-corrected chi connectivity index (χ1v) is 6.92. The maximum absolute atomic E-state index is 14.0. The highest BCUT2D eigenvalue weighted by Gasteiger charge is 2.12. The molecule has 4 heteroatoms. The molecule has 0 spiro atoms. The summed E-state index contributed by atoms with van der Waals surface area (Å²) in [4.78, 5) is 0. The highest BCUT2D eigenvalue weighted by Crippen LogP contribution is 2.29. The van der Waals surface area contributed by atoms with Gasteiger partial charge in [0.25, 0.3) is 0 Å². The molecule has 0 fully saturated rings. The van der Waals surface area contributed by atoms with E-state index in [0.717, 1.165) is 0 Å². The molecule has 1 N–H and O–H groups in total. The first-order chi connectivity index (χ1) is 9.97. The maximum Gasteiger partial charge on any atom is 0.167 e. The van der Waals surface area contributed by atoms with E-state index in [-0.39, 0.29) is 23.4 Å². The Balaban J connectivity index is 2.27. The Morgan fingerprint density at radius 3 is 2.52 bits per heavy atom. The van der Waals surface area contributed by atoms with Crippen molar-refractivity contribution in [2.45, 2.75) is 33.4 Å². The molecular weight excluding hydrogens is 272 g/mol. The van der Waals surface area contributed by atoms with Crippen LogP contribution in [0.1, 0.15) is 25.0 Å². The van der Waals surface area contributed by atoms with Crippen molar-refractivity contribution in [3.8, 4) is 11.5 Å². The fourth-order valence-corrected chi connectivity index (χ4v) is 1.88. The van der Waals surface area contributed by atoms with Crippen molar-refractivity contribution in [3.63, 3.8) is 0 Å². The van der Waals surface area contributed by atoms with E-state index in [1.54, 1.807) is 31.2 Å². The summed E-state index contributed by atoms with van der Waals surface area (Å²) >= 11 is 0. The van der Waals surface area contributed by atoms with Crippen LogP contribution in [0.3, 0.4) is 0 Å². The van der Waals surface area contributed by atoms with Crippen LogP contribution in [0.15, 0.2) is 36.4 Å². The van der Waals surface area contributed by atoms with Gasteiger partial charge in [0, 0.05) is 24.2 Å². The third-order valence-electron chi connectivity index (χ3n) is 3.11. The van der Waals surface area contributed by atoms with E-state index < -0.39 is 5.82 Å². The van der Waals surface area contributed by atoms with Gasteiger partial charge in [-0.3, -0.25) is 0 Å². The topological polar surface area (TPSA) is 21.3 Å². The molecule has 2 aromatic rings. The summed E-state index contributed by atoms with van der Waals surface area (Å²) in [6, 6.07) is 9.54. The molecule has 0 unspecified atom stereocenters. The summed E-state index contributed by atoms with van der Waals surface area (Å²) in [5, 5.41) is 3.21.